The van der Waals surface area contributed by atoms with Gasteiger partial charge in [0.15, 0.2) is 0 Å². The zero-order valence-electron chi connectivity index (χ0n) is 15.6. The highest BCUT2D eigenvalue weighted by Crippen LogP contribution is 2.67. The number of carbonyl (C=O) groups excluding carboxylic acids is 2. The number of amides is 2. The molecule has 2 spiro atoms. The standard InChI is InChI=1S/C22H19N3O2S2/c26-18-21(14-9-4-5-10-15(14)23-18)17(13-7-2-1-3-8-13)22(16-11-6-12-25(16)21)19(27)24-20(28)29-22/h1-5,7-10,16-17H,6,11-12H2,(H,23,26)(H,24,27,28)/t16?,17-,21-,22+/m1/s1. The van der Waals surface area contributed by atoms with E-state index in [0.29, 0.717) is 4.32 Å². The van der Waals surface area contributed by atoms with Gasteiger partial charge in [0.1, 0.15) is 14.6 Å². The lowest BCUT2D eigenvalue weighted by molar-refractivity contribution is -0.127. The van der Waals surface area contributed by atoms with Crippen LogP contribution in [0.2, 0.25) is 0 Å². The SMILES string of the molecule is O=C1NC(=S)S[C@]12C1CCCN1[C@@]1(C(=O)Nc3ccccc31)[C@H]2c1ccccc1. The number of fused-ring (bicyclic) bond motifs is 5. The predicted molar refractivity (Wildman–Crippen MR) is 117 cm³/mol. The first-order chi connectivity index (χ1) is 14.1. The van der Waals surface area contributed by atoms with E-state index in [1.54, 1.807) is 0 Å². The Morgan fingerprint density at radius 2 is 1.76 bits per heavy atom. The van der Waals surface area contributed by atoms with Crippen LogP contribution in [-0.4, -0.2) is 38.4 Å². The van der Waals surface area contributed by atoms with Crippen molar-refractivity contribution < 1.29 is 9.59 Å². The molecule has 0 aliphatic carbocycles. The molecule has 29 heavy (non-hydrogen) atoms. The van der Waals surface area contributed by atoms with Gasteiger partial charge in [0, 0.05) is 23.2 Å². The fourth-order valence-electron chi connectivity index (χ4n) is 6.10. The van der Waals surface area contributed by atoms with E-state index < -0.39 is 10.3 Å². The Morgan fingerprint density at radius 1 is 1.00 bits per heavy atom. The first kappa shape index (κ1) is 17.6. The highest BCUT2D eigenvalue weighted by molar-refractivity contribution is 8.25. The predicted octanol–water partition coefficient (Wildman–Crippen LogP) is 2.98. The monoisotopic (exact) mass is 421 g/mol. The third-order valence-corrected chi connectivity index (χ3v) is 8.61. The van der Waals surface area contributed by atoms with Crippen LogP contribution in [-0.2, 0) is 15.1 Å². The molecule has 1 unspecified atom stereocenters. The Labute approximate surface area is 178 Å². The average Bonchev–Trinajstić information content (AvgIpc) is 3.43. The van der Waals surface area contributed by atoms with Crippen LogP contribution >= 0.6 is 24.0 Å². The summed E-state index contributed by atoms with van der Waals surface area (Å²) in [6, 6.07) is 17.9. The van der Waals surface area contributed by atoms with Crippen molar-refractivity contribution in [2.45, 2.75) is 35.1 Å². The van der Waals surface area contributed by atoms with Gasteiger partial charge in [-0.15, -0.1) is 0 Å². The molecule has 4 aliphatic heterocycles. The minimum atomic E-state index is -0.913. The van der Waals surface area contributed by atoms with Crippen molar-refractivity contribution in [3.63, 3.8) is 0 Å². The normalized spacial score (nSPS) is 35.2. The van der Waals surface area contributed by atoms with Gasteiger partial charge in [0.25, 0.3) is 0 Å². The van der Waals surface area contributed by atoms with Crippen LogP contribution in [0, 0.1) is 0 Å². The molecule has 6 rings (SSSR count). The van der Waals surface area contributed by atoms with Crippen molar-refractivity contribution in [3.8, 4) is 0 Å². The molecule has 0 saturated carbocycles. The molecule has 0 aromatic heterocycles. The molecular weight excluding hydrogens is 402 g/mol. The topological polar surface area (TPSA) is 61.4 Å². The number of benzene rings is 2. The molecular formula is C22H19N3O2S2. The van der Waals surface area contributed by atoms with Gasteiger partial charge in [-0.3, -0.25) is 14.5 Å². The van der Waals surface area contributed by atoms with Gasteiger partial charge in [-0.05, 0) is 31.0 Å². The largest absolute Gasteiger partial charge is 0.324 e. The Morgan fingerprint density at radius 3 is 2.52 bits per heavy atom. The number of hydrogen-bond acceptors (Lipinski definition) is 5. The Kier molecular flexibility index (Phi) is 3.59. The fraction of sp³-hybridized carbons (Fsp3) is 0.318. The van der Waals surface area contributed by atoms with Gasteiger partial charge in [-0.1, -0.05) is 72.5 Å². The highest BCUT2D eigenvalue weighted by Gasteiger charge is 2.77. The molecule has 3 saturated heterocycles. The second kappa shape index (κ2) is 5.90. The van der Waals surface area contributed by atoms with E-state index in [1.165, 1.54) is 11.8 Å². The number of thiocarbonyl (C=S) groups is 1. The number of thioether (sulfide) groups is 1. The summed E-state index contributed by atoms with van der Waals surface area (Å²) in [5.41, 5.74) is 1.89. The molecule has 2 aromatic rings. The minimum Gasteiger partial charge on any atom is -0.324 e. The van der Waals surface area contributed by atoms with Crippen LogP contribution in [0.15, 0.2) is 54.6 Å². The molecule has 5 nitrogen and oxygen atoms in total. The molecule has 0 radical (unpaired) electrons. The summed E-state index contributed by atoms with van der Waals surface area (Å²) in [5, 5.41) is 6.02. The van der Waals surface area contributed by atoms with E-state index in [1.807, 2.05) is 54.6 Å². The number of carbonyl (C=O) groups is 2. The van der Waals surface area contributed by atoms with Gasteiger partial charge in [0.2, 0.25) is 11.8 Å². The summed E-state index contributed by atoms with van der Waals surface area (Å²) in [6.45, 7) is 0.790. The van der Waals surface area contributed by atoms with E-state index in [0.717, 1.165) is 36.2 Å². The van der Waals surface area contributed by atoms with Crippen molar-refractivity contribution in [2.75, 3.05) is 11.9 Å². The number of rotatable bonds is 1. The van der Waals surface area contributed by atoms with Crippen LogP contribution in [0.25, 0.3) is 0 Å². The van der Waals surface area contributed by atoms with Gasteiger partial charge in [-0.25, -0.2) is 0 Å². The Hall–Kier alpha value is -2.22. The maximum Gasteiger partial charge on any atom is 0.250 e. The number of hydrogen-bond donors (Lipinski definition) is 2. The molecule has 0 bridgehead atoms. The third-order valence-electron chi connectivity index (χ3n) is 6.94. The Balaban J connectivity index is 1.71. The molecule has 7 heteroatoms. The van der Waals surface area contributed by atoms with E-state index in [9.17, 15) is 9.59 Å². The number of para-hydroxylation sites is 1. The van der Waals surface area contributed by atoms with Gasteiger partial charge < -0.3 is 10.6 Å². The van der Waals surface area contributed by atoms with Crippen molar-refractivity contribution in [3.05, 3.63) is 65.7 Å². The smallest absolute Gasteiger partial charge is 0.250 e. The van der Waals surface area contributed by atoms with E-state index >= 15 is 0 Å². The van der Waals surface area contributed by atoms with Crippen LogP contribution in [0.1, 0.15) is 29.9 Å². The summed E-state index contributed by atoms with van der Waals surface area (Å²) in [5.74, 6) is -0.439. The molecule has 2 aromatic carbocycles. The quantitative estimate of drug-likeness (QED) is 0.694. The summed E-state index contributed by atoms with van der Waals surface area (Å²) in [4.78, 5) is 29.6. The van der Waals surface area contributed by atoms with Gasteiger partial charge >= 0.3 is 0 Å². The number of nitrogens with one attached hydrogen (secondary N) is 2. The first-order valence-corrected chi connectivity index (χ1v) is 11.1. The molecule has 2 amide bonds. The summed E-state index contributed by atoms with van der Waals surface area (Å²) >= 11 is 6.90. The van der Waals surface area contributed by atoms with Crippen molar-refractivity contribution >= 4 is 45.8 Å². The maximum atomic E-state index is 13.8. The molecule has 146 valence electrons. The molecule has 4 atom stereocenters. The maximum absolute atomic E-state index is 13.8. The van der Waals surface area contributed by atoms with E-state index in [2.05, 4.69) is 15.5 Å². The van der Waals surface area contributed by atoms with Crippen LogP contribution < -0.4 is 10.6 Å². The second-order valence-electron chi connectivity index (χ2n) is 8.10. The Bertz CT molecular complexity index is 1070. The van der Waals surface area contributed by atoms with Crippen molar-refractivity contribution in [1.82, 2.24) is 10.2 Å². The number of nitrogens with zero attached hydrogens (tertiary/aromatic N) is 1. The van der Waals surface area contributed by atoms with Gasteiger partial charge in [-0.2, -0.15) is 0 Å². The third kappa shape index (κ3) is 1.98. The zero-order chi connectivity index (χ0) is 19.8. The summed E-state index contributed by atoms with van der Waals surface area (Å²) in [7, 11) is 0. The van der Waals surface area contributed by atoms with Crippen LogP contribution in [0.3, 0.4) is 0 Å². The van der Waals surface area contributed by atoms with Crippen molar-refractivity contribution in [2.24, 2.45) is 0 Å². The molecule has 4 aliphatic rings. The van der Waals surface area contributed by atoms with E-state index in [4.69, 9.17) is 12.2 Å². The molecule has 2 N–H and O–H groups in total. The lowest BCUT2D eigenvalue weighted by Crippen LogP contribution is -2.51. The summed E-state index contributed by atoms with van der Waals surface area (Å²) < 4.78 is -0.310. The first-order valence-electron chi connectivity index (χ1n) is 9.87. The van der Waals surface area contributed by atoms with Crippen molar-refractivity contribution in [1.29, 1.82) is 0 Å². The lowest BCUT2D eigenvalue weighted by atomic mass is 9.70. The highest BCUT2D eigenvalue weighted by atomic mass is 32.2. The number of anilines is 1. The van der Waals surface area contributed by atoms with E-state index in [-0.39, 0.29) is 23.8 Å². The summed E-state index contributed by atoms with van der Waals surface area (Å²) in [6.07, 6.45) is 1.84. The lowest BCUT2D eigenvalue weighted by Gasteiger charge is -2.38. The average molecular weight is 422 g/mol. The molecule has 4 heterocycles. The van der Waals surface area contributed by atoms with Crippen LogP contribution in [0.5, 0.6) is 0 Å². The molecule has 3 fully saturated rings. The minimum absolute atomic E-state index is 0.0393. The van der Waals surface area contributed by atoms with Gasteiger partial charge in [0.05, 0.1) is 0 Å². The fourth-order valence-corrected chi connectivity index (χ4v) is 8.00. The zero-order valence-corrected chi connectivity index (χ0v) is 17.2. The van der Waals surface area contributed by atoms with Crippen LogP contribution in [0.4, 0.5) is 5.69 Å². The second-order valence-corrected chi connectivity index (χ2v) is 10.1.